The first-order valence-electron chi connectivity index (χ1n) is 27.8. The van der Waals surface area contributed by atoms with Crippen LogP contribution in [0.4, 0.5) is 0 Å². The molecule has 2 aliphatic heterocycles. The van der Waals surface area contributed by atoms with Crippen molar-refractivity contribution < 1.29 is 64.6 Å². The summed E-state index contributed by atoms with van der Waals surface area (Å²) < 4.78 is 22.8. The van der Waals surface area contributed by atoms with Crippen LogP contribution in [0.5, 0.6) is 0 Å². The van der Waals surface area contributed by atoms with Crippen LogP contribution in [0.25, 0.3) is 0 Å². The number of carbonyl (C=O) groups is 1. The summed E-state index contributed by atoms with van der Waals surface area (Å²) in [6.45, 7) is 2.88. The van der Waals surface area contributed by atoms with E-state index in [1.807, 2.05) is 0 Å². The number of carbonyl (C=O) groups excluding carboxylic acids is 1. The molecule has 398 valence electrons. The van der Waals surface area contributed by atoms with Crippen LogP contribution >= 0.6 is 0 Å². The van der Waals surface area contributed by atoms with Crippen molar-refractivity contribution in [3.8, 4) is 0 Å². The van der Waals surface area contributed by atoms with Gasteiger partial charge >= 0.3 is 0 Å². The molecule has 9 N–H and O–H groups in total. The van der Waals surface area contributed by atoms with Gasteiger partial charge in [0.25, 0.3) is 0 Å². The van der Waals surface area contributed by atoms with E-state index in [1.165, 1.54) is 161 Å². The molecule has 0 aromatic rings. The normalized spacial score (nSPS) is 26.5. The third-order valence-electron chi connectivity index (χ3n) is 14.1. The number of nitrogens with one attached hydrogen (secondary N) is 1. The van der Waals surface area contributed by atoms with Crippen LogP contribution < -0.4 is 5.32 Å². The molecule has 2 fully saturated rings. The lowest BCUT2D eigenvalue weighted by Gasteiger charge is -2.46. The van der Waals surface area contributed by atoms with E-state index >= 15 is 0 Å². The highest BCUT2D eigenvalue weighted by Crippen LogP contribution is 2.30. The molecule has 0 aromatic carbocycles. The first kappa shape index (κ1) is 62.1. The molecular formula is C53H103NO13. The van der Waals surface area contributed by atoms with Crippen molar-refractivity contribution in [3.63, 3.8) is 0 Å². The Labute approximate surface area is 406 Å². The molecule has 2 aliphatic rings. The maximum atomic E-state index is 13.2. The van der Waals surface area contributed by atoms with Gasteiger partial charge in [-0.3, -0.25) is 4.79 Å². The highest BCUT2D eigenvalue weighted by molar-refractivity contribution is 5.76. The zero-order valence-corrected chi connectivity index (χ0v) is 42.4. The number of aliphatic hydroxyl groups is 8. The molecular weight excluding hydrogens is 859 g/mol. The van der Waals surface area contributed by atoms with Crippen molar-refractivity contribution in [2.45, 2.75) is 312 Å². The Balaban J connectivity index is 1.76. The van der Waals surface area contributed by atoms with E-state index < -0.39 is 86.8 Å². The highest BCUT2D eigenvalue weighted by Gasteiger charge is 2.51. The van der Waals surface area contributed by atoms with Gasteiger partial charge in [-0.15, -0.1) is 0 Å². The molecule has 1 amide bonds. The SMILES string of the molecule is CCCCCCCCCCCCCCCCCCCCCCC(=O)N[C@@H](CO[C@@H]1O[C@H](CO)[C@@H](O[C@@H]2O[C@H](CO)[C@H](O)C(O)C2O)C(O)C1O)[C@H](O)CCCCCCCCCCCCCCC. The molecule has 0 aromatic heterocycles. The van der Waals surface area contributed by atoms with E-state index in [-0.39, 0.29) is 12.5 Å². The summed E-state index contributed by atoms with van der Waals surface area (Å²) in [7, 11) is 0. The minimum atomic E-state index is -1.78. The molecule has 0 radical (unpaired) electrons. The van der Waals surface area contributed by atoms with E-state index in [0.717, 1.165) is 51.4 Å². The monoisotopic (exact) mass is 962 g/mol. The van der Waals surface area contributed by atoms with Crippen LogP contribution in [0.3, 0.4) is 0 Å². The van der Waals surface area contributed by atoms with Gasteiger partial charge in [-0.25, -0.2) is 0 Å². The number of aliphatic hydroxyl groups excluding tert-OH is 8. The predicted molar refractivity (Wildman–Crippen MR) is 263 cm³/mol. The van der Waals surface area contributed by atoms with Crippen LogP contribution in [0.2, 0.25) is 0 Å². The second-order valence-corrected chi connectivity index (χ2v) is 20.1. The Morgan fingerprint density at radius 3 is 1.27 bits per heavy atom. The fraction of sp³-hybridized carbons (Fsp3) is 0.981. The van der Waals surface area contributed by atoms with Crippen molar-refractivity contribution in [1.82, 2.24) is 5.32 Å². The molecule has 2 heterocycles. The lowest BCUT2D eigenvalue weighted by Crippen LogP contribution is -2.65. The number of unbranched alkanes of at least 4 members (excludes halogenated alkanes) is 31. The zero-order chi connectivity index (χ0) is 48.9. The Hall–Kier alpha value is -1.01. The second-order valence-electron chi connectivity index (χ2n) is 20.1. The van der Waals surface area contributed by atoms with Gasteiger partial charge in [-0.05, 0) is 12.8 Å². The molecule has 2 rings (SSSR count). The van der Waals surface area contributed by atoms with Gasteiger partial charge in [0.15, 0.2) is 12.6 Å². The van der Waals surface area contributed by atoms with E-state index in [2.05, 4.69) is 19.2 Å². The fourth-order valence-electron chi connectivity index (χ4n) is 9.53. The minimum absolute atomic E-state index is 0.202. The summed E-state index contributed by atoms with van der Waals surface area (Å²) in [6.07, 6.45) is 25.3. The van der Waals surface area contributed by atoms with E-state index in [9.17, 15) is 45.6 Å². The molecule has 0 spiro atoms. The van der Waals surface area contributed by atoms with Gasteiger partial charge in [-0.2, -0.15) is 0 Å². The molecule has 14 heteroatoms. The van der Waals surface area contributed by atoms with Crippen molar-refractivity contribution in [3.05, 3.63) is 0 Å². The molecule has 4 unspecified atom stereocenters. The van der Waals surface area contributed by atoms with Gasteiger partial charge < -0.3 is 65.1 Å². The Morgan fingerprint density at radius 2 is 0.851 bits per heavy atom. The van der Waals surface area contributed by atoms with Gasteiger partial charge in [0.2, 0.25) is 5.91 Å². The third kappa shape index (κ3) is 27.4. The summed E-state index contributed by atoms with van der Waals surface area (Å²) in [5, 5.41) is 87.0. The lowest BCUT2D eigenvalue weighted by atomic mass is 9.97. The summed E-state index contributed by atoms with van der Waals surface area (Å²) >= 11 is 0. The number of amides is 1. The van der Waals surface area contributed by atoms with E-state index in [4.69, 9.17) is 18.9 Å². The minimum Gasteiger partial charge on any atom is -0.394 e. The maximum absolute atomic E-state index is 13.2. The number of hydrogen-bond donors (Lipinski definition) is 9. The molecule has 0 bridgehead atoms. The fourth-order valence-corrected chi connectivity index (χ4v) is 9.53. The zero-order valence-electron chi connectivity index (χ0n) is 42.4. The molecule has 0 aliphatic carbocycles. The van der Waals surface area contributed by atoms with Crippen LogP contribution in [0, 0.1) is 0 Å². The van der Waals surface area contributed by atoms with Gasteiger partial charge in [0.1, 0.15) is 48.8 Å². The highest BCUT2D eigenvalue weighted by atomic mass is 16.7. The molecule has 67 heavy (non-hydrogen) atoms. The molecule has 12 atom stereocenters. The van der Waals surface area contributed by atoms with E-state index in [0.29, 0.717) is 12.8 Å². The lowest BCUT2D eigenvalue weighted by molar-refractivity contribution is -0.359. The Morgan fingerprint density at radius 1 is 0.478 bits per heavy atom. The molecule has 2 saturated heterocycles. The first-order valence-corrected chi connectivity index (χ1v) is 27.8. The van der Waals surface area contributed by atoms with Crippen LogP contribution in [0.1, 0.15) is 239 Å². The molecule has 0 saturated carbocycles. The van der Waals surface area contributed by atoms with Crippen molar-refractivity contribution >= 4 is 5.91 Å². The predicted octanol–water partition coefficient (Wildman–Crippen LogP) is 8.17. The van der Waals surface area contributed by atoms with Crippen LogP contribution in [-0.2, 0) is 23.7 Å². The average Bonchev–Trinajstić information content (AvgIpc) is 3.32. The third-order valence-corrected chi connectivity index (χ3v) is 14.1. The van der Waals surface area contributed by atoms with Crippen LogP contribution in [0.15, 0.2) is 0 Å². The number of hydrogen-bond acceptors (Lipinski definition) is 13. The average molecular weight is 962 g/mol. The second kappa shape index (κ2) is 40.6. The smallest absolute Gasteiger partial charge is 0.220 e. The quantitative estimate of drug-likeness (QED) is 0.0263. The number of ether oxygens (including phenoxy) is 4. The topological polar surface area (TPSA) is 228 Å². The Kier molecular flexibility index (Phi) is 37.6. The van der Waals surface area contributed by atoms with Crippen LogP contribution in [-0.4, -0.2) is 140 Å². The molecule has 14 nitrogen and oxygen atoms in total. The summed E-state index contributed by atoms with van der Waals surface area (Å²) in [5.74, 6) is -0.202. The summed E-state index contributed by atoms with van der Waals surface area (Å²) in [4.78, 5) is 13.2. The maximum Gasteiger partial charge on any atom is 0.220 e. The summed E-state index contributed by atoms with van der Waals surface area (Å²) in [6, 6.07) is -0.821. The van der Waals surface area contributed by atoms with Gasteiger partial charge in [0, 0.05) is 6.42 Å². The number of rotatable bonds is 44. The summed E-state index contributed by atoms with van der Waals surface area (Å²) in [5.41, 5.74) is 0. The van der Waals surface area contributed by atoms with Crippen molar-refractivity contribution in [2.24, 2.45) is 0 Å². The van der Waals surface area contributed by atoms with Gasteiger partial charge in [-0.1, -0.05) is 219 Å². The first-order chi connectivity index (χ1) is 32.6. The Bertz CT molecular complexity index is 1140. The largest absolute Gasteiger partial charge is 0.394 e. The van der Waals surface area contributed by atoms with Crippen molar-refractivity contribution in [1.29, 1.82) is 0 Å². The van der Waals surface area contributed by atoms with E-state index in [1.54, 1.807) is 0 Å². The standard InChI is InChI=1S/C53H103NO13/c1-3-5-7-9-11-13-15-17-18-19-20-21-22-23-25-27-29-31-33-35-37-45(58)54-41(42(57)36-34-32-30-28-26-24-16-14-12-10-8-6-4-2)40-64-52-50(63)48(61)51(44(39-56)66-52)67-53-49(62)47(60)46(59)43(38-55)65-53/h41-44,46-53,55-57,59-63H,3-40H2,1-2H3,(H,54,58)/t41-,42+,43+,44+,46-,47?,48?,49?,50?,51+,52+,53-/m0/s1. The van der Waals surface area contributed by atoms with Crippen molar-refractivity contribution in [2.75, 3.05) is 19.8 Å². The van der Waals surface area contributed by atoms with Gasteiger partial charge in [0.05, 0.1) is 32.0 Å².